The van der Waals surface area contributed by atoms with Crippen LogP contribution in [-0.4, -0.2) is 24.7 Å². The Morgan fingerprint density at radius 1 is 1.13 bits per heavy atom. The van der Waals surface area contributed by atoms with Gasteiger partial charge in [0.25, 0.3) is 0 Å². The predicted molar refractivity (Wildman–Crippen MR) is 90.4 cm³/mol. The van der Waals surface area contributed by atoms with Crippen LogP contribution in [-0.2, 0) is 11.3 Å². The van der Waals surface area contributed by atoms with Crippen LogP contribution in [0.4, 0.5) is 5.69 Å². The van der Waals surface area contributed by atoms with Crippen LogP contribution in [0.2, 0.25) is 0 Å². The molecular formula is C18H22N2O3. The molecule has 0 heterocycles. The van der Waals surface area contributed by atoms with Crippen molar-refractivity contribution >= 4 is 11.6 Å². The van der Waals surface area contributed by atoms with Crippen molar-refractivity contribution in [2.45, 2.75) is 19.6 Å². The summed E-state index contributed by atoms with van der Waals surface area (Å²) in [6, 6.07) is 15.0. The van der Waals surface area contributed by atoms with Crippen LogP contribution in [0.5, 0.6) is 5.75 Å². The lowest BCUT2D eigenvalue weighted by Crippen LogP contribution is -2.21. The summed E-state index contributed by atoms with van der Waals surface area (Å²) in [5, 5.41) is 16.1. The molecule has 0 aliphatic heterocycles. The normalized spacial score (nSPS) is 11.8. The van der Waals surface area contributed by atoms with E-state index in [0.29, 0.717) is 13.1 Å². The first-order chi connectivity index (χ1) is 11.1. The lowest BCUT2D eigenvalue weighted by molar-refractivity contribution is -0.114. The molecule has 122 valence electrons. The second-order valence-corrected chi connectivity index (χ2v) is 5.30. The van der Waals surface area contributed by atoms with Gasteiger partial charge in [-0.3, -0.25) is 4.79 Å². The topological polar surface area (TPSA) is 70.6 Å². The average molecular weight is 314 g/mol. The first kappa shape index (κ1) is 17.0. The quantitative estimate of drug-likeness (QED) is 0.734. The average Bonchev–Trinajstić information content (AvgIpc) is 2.56. The van der Waals surface area contributed by atoms with Crippen LogP contribution in [0.1, 0.15) is 24.2 Å². The van der Waals surface area contributed by atoms with Gasteiger partial charge in [-0.1, -0.05) is 24.3 Å². The molecule has 1 unspecified atom stereocenters. The summed E-state index contributed by atoms with van der Waals surface area (Å²) in [5.74, 6) is 0.687. The summed E-state index contributed by atoms with van der Waals surface area (Å²) in [4.78, 5) is 11.0. The van der Waals surface area contributed by atoms with Gasteiger partial charge in [-0.2, -0.15) is 0 Å². The number of carbonyl (C=O) groups is 1. The largest absolute Gasteiger partial charge is 0.497 e. The zero-order valence-corrected chi connectivity index (χ0v) is 13.4. The summed E-state index contributed by atoms with van der Waals surface area (Å²) in [5.41, 5.74) is 2.71. The van der Waals surface area contributed by atoms with E-state index in [4.69, 9.17) is 4.74 Å². The van der Waals surface area contributed by atoms with Crippen molar-refractivity contribution in [1.29, 1.82) is 0 Å². The molecule has 2 rings (SSSR count). The van der Waals surface area contributed by atoms with E-state index < -0.39 is 6.10 Å². The lowest BCUT2D eigenvalue weighted by Gasteiger charge is -2.13. The maximum Gasteiger partial charge on any atom is 0.221 e. The first-order valence-electron chi connectivity index (χ1n) is 7.48. The van der Waals surface area contributed by atoms with Crippen molar-refractivity contribution in [3.63, 3.8) is 0 Å². The van der Waals surface area contributed by atoms with Gasteiger partial charge < -0.3 is 20.5 Å². The van der Waals surface area contributed by atoms with Crippen molar-refractivity contribution in [1.82, 2.24) is 5.32 Å². The molecule has 0 radical (unpaired) electrons. The number of aliphatic hydroxyl groups is 1. The Balaban J connectivity index is 1.80. The lowest BCUT2D eigenvalue weighted by atomic mass is 10.1. The fourth-order valence-electron chi connectivity index (χ4n) is 2.21. The molecule has 0 spiro atoms. The molecule has 3 N–H and O–H groups in total. The minimum atomic E-state index is -0.570. The summed E-state index contributed by atoms with van der Waals surface area (Å²) in [6.45, 7) is 2.59. The van der Waals surface area contributed by atoms with Crippen molar-refractivity contribution in [2.75, 3.05) is 19.0 Å². The fourth-order valence-corrected chi connectivity index (χ4v) is 2.21. The molecule has 1 atom stereocenters. The molecule has 2 aromatic rings. The molecule has 0 saturated carbocycles. The maximum absolute atomic E-state index is 11.0. The van der Waals surface area contributed by atoms with Crippen LogP contribution in [0.15, 0.2) is 48.5 Å². The zero-order chi connectivity index (χ0) is 16.7. The van der Waals surface area contributed by atoms with Gasteiger partial charge in [0, 0.05) is 25.7 Å². The number of nitrogens with one attached hydrogen (secondary N) is 2. The number of carbonyl (C=O) groups excluding carboxylic acids is 1. The number of aliphatic hydroxyl groups excluding tert-OH is 1. The standard InChI is InChI=1S/C18H22N2O3/c1-13(21)20-16-7-3-14(4-8-16)11-19-12-18(22)15-5-9-17(23-2)10-6-15/h3-10,18-19,22H,11-12H2,1-2H3,(H,20,21). The van der Waals surface area contributed by atoms with E-state index in [1.165, 1.54) is 6.92 Å². The Hall–Kier alpha value is -2.37. The molecular weight excluding hydrogens is 292 g/mol. The highest BCUT2D eigenvalue weighted by Gasteiger charge is 2.07. The van der Waals surface area contributed by atoms with Gasteiger partial charge in [0.15, 0.2) is 0 Å². The molecule has 5 heteroatoms. The van der Waals surface area contributed by atoms with Crippen molar-refractivity contribution in [3.8, 4) is 5.75 Å². The van der Waals surface area contributed by atoms with E-state index in [0.717, 1.165) is 22.6 Å². The highest BCUT2D eigenvalue weighted by molar-refractivity contribution is 5.88. The van der Waals surface area contributed by atoms with Gasteiger partial charge in [-0.15, -0.1) is 0 Å². The third kappa shape index (κ3) is 5.39. The Morgan fingerprint density at radius 2 is 1.78 bits per heavy atom. The Labute approximate surface area is 136 Å². The molecule has 23 heavy (non-hydrogen) atoms. The minimum Gasteiger partial charge on any atom is -0.497 e. The summed E-state index contributed by atoms with van der Waals surface area (Å²) in [7, 11) is 1.62. The monoisotopic (exact) mass is 314 g/mol. The highest BCUT2D eigenvalue weighted by Crippen LogP contribution is 2.17. The number of rotatable bonds is 7. The second kappa shape index (κ2) is 8.31. The molecule has 0 aromatic heterocycles. The van der Waals surface area contributed by atoms with Crippen molar-refractivity contribution in [3.05, 3.63) is 59.7 Å². The predicted octanol–water partition coefficient (Wildman–Crippen LogP) is 2.48. The number of amides is 1. The Kier molecular flexibility index (Phi) is 6.14. The number of methoxy groups -OCH3 is 1. The summed E-state index contributed by atoms with van der Waals surface area (Å²) in [6.07, 6.45) is -0.570. The molecule has 1 amide bonds. The third-order valence-corrected chi connectivity index (χ3v) is 3.44. The van der Waals surface area contributed by atoms with Gasteiger partial charge in [-0.25, -0.2) is 0 Å². The molecule has 5 nitrogen and oxygen atoms in total. The van der Waals surface area contributed by atoms with Crippen LogP contribution in [0.25, 0.3) is 0 Å². The summed E-state index contributed by atoms with van der Waals surface area (Å²) >= 11 is 0. The molecule has 0 saturated heterocycles. The maximum atomic E-state index is 11.0. The van der Waals surface area contributed by atoms with E-state index in [2.05, 4.69) is 10.6 Å². The Morgan fingerprint density at radius 3 is 2.35 bits per heavy atom. The van der Waals surface area contributed by atoms with E-state index in [1.54, 1.807) is 7.11 Å². The van der Waals surface area contributed by atoms with Gasteiger partial charge in [-0.05, 0) is 35.4 Å². The van der Waals surface area contributed by atoms with Crippen LogP contribution in [0.3, 0.4) is 0 Å². The van der Waals surface area contributed by atoms with Gasteiger partial charge >= 0.3 is 0 Å². The Bertz CT molecular complexity index is 624. The number of anilines is 1. The molecule has 2 aromatic carbocycles. The molecule has 0 aliphatic carbocycles. The molecule has 0 bridgehead atoms. The van der Waals surface area contributed by atoms with Crippen molar-refractivity contribution in [2.24, 2.45) is 0 Å². The van der Waals surface area contributed by atoms with Crippen molar-refractivity contribution < 1.29 is 14.6 Å². The van der Waals surface area contributed by atoms with E-state index in [9.17, 15) is 9.90 Å². The number of ether oxygens (including phenoxy) is 1. The minimum absolute atomic E-state index is 0.0847. The van der Waals surface area contributed by atoms with Crippen LogP contribution in [0, 0.1) is 0 Å². The third-order valence-electron chi connectivity index (χ3n) is 3.44. The van der Waals surface area contributed by atoms with E-state index in [1.807, 2.05) is 48.5 Å². The number of hydrogen-bond acceptors (Lipinski definition) is 4. The highest BCUT2D eigenvalue weighted by atomic mass is 16.5. The van der Waals surface area contributed by atoms with Crippen LogP contribution < -0.4 is 15.4 Å². The first-order valence-corrected chi connectivity index (χ1v) is 7.48. The van der Waals surface area contributed by atoms with Gasteiger partial charge in [0.1, 0.15) is 5.75 Å². The van der Waals surface area contributed by atoms with Crippen LogP contribution >= 0.6 is 0 Å². The fraction of sp³-hybridized carbons (Fsp3) is 0.278. The smallest absolute Gasteiger partial charge is 0.221 e. The van der Waals surface area contributed by atoms with Gasteiger partial charge in [0.2, 0.25) is 5.91 Å². The zero-order valence-electron chi connectivity index (χ0n) is 13.4. The van der Waals surface area contributed by atoms with Gasteiger partial charge in [0.05, 0.1) is 13.2 Å². The number of hydrogen-bond donors (Lipinski definition) is 3. The summed E-state index contributed by atoms with van der Waals surface area (Å²) < 4.78 is 5.10. The van der Waals surface area contributed by atoms with E-state index >= 15 is 0 Å². The van der Waals surface area contributed by atoms with E-state index in [-0.39, 0.29) is 5.91 Å². The SMILES string of the molecule is COc1ccc(C(O)CNCc2ccc(NC(C)=O)cc2)cc1. The molecule has 0 aliphatic rings. The number of benzene rings is 2. The molecule has 0 fully saturated rings. The second-order valence-electron chi connectivity index (χ2n) is 5.30.